The molecular formula is C18H22N4OS. The van der Waals surface area contributed by atoms with Crippen molar-refractivity contribution in [3.05, 3.63) is 59.1 Å². The van der Waals surface area contributed by atoms with Gasteiger partial charge in [-0.1, -0.05) is 48.6 Å². The molecule has 1 aliphatic rings. The third-order valence-corrected chi connectivity index (χ3v) is 3.65. The predicted molar refractivity (Wildman–Crippen MR) is 101 cm³/mol. The maximum absolute atomic E-state index is 10.8. The van der Waals surface area contributed by atoms with Gasteiger partial charge in [0.25, 0.3) is 0 Å². The Balaban J connectivity index is 2.90. The second-order valence-electron chi connectivity index (χ2n) is 5.32. The van der Waals surface area contributed by atoms with E-state index < -0.39 is 6.04 Å². The third-order valence-electron chi connectivity index (χ3n) is 3.20. The molecule has 0 fully saturated rings. The summed E-state index contributed by atoms with van der Waals surface area (Å²) in [6.07, 6.45) is 15.8. The molecule has 1 aliphatic carbocycles. The molecule has 24 heavy (non-hydrogen) atoms. The van der Waals surface area contributed by atoms with Crippen LogP contribution in [-0.4, -0.2) is 37.3 Å². The lowest BCUT2D eigenvalue weighted by atomic mass is 10.1. The van der Waals surface area contributed by atoms with E-state index in [4.69, 9.17) is 11.0 Å². The number of nitrogens with zero attached hydrogens (tertiary/aromatic N) is 3. The molecule has 0 heterocycles. The molecule has 126 valence electrons. The predicted octanol–water partition coefficient (Wildman–Crippen LogP) is 2.38. The van der Waals surface area contributed by atoms with E-state index in [0.29, 0.717) is 10.9 Å². The molecule has 0 aromatic carbocycles. The molecule has 0 saturated carbocycles. The van der Waals surface area contributed by atoms with Crippen LogP contribution < -0.4 is 5.73 Å². The van der Waals surface area contributed by atoms with Gasteiger partial charge in [0.1, 0.15) is 6.29 Å². The molecule has 0 aromatic heterocycles. The van der Waals surface area contributed by atoms with E-state index in [0.717, 1.165) is 11.9 Å². The van der Waals surface area contributed by atoms with Crippen molar-refractivity contribution in [2.75, 3.05) is 14.1 Å². The molecule has 5 nitrogen and oxygen atoms in total. The molecule has 0 aliphatic heterocycles. The van der Waals surface area contributed by atoms with Crippen LogP contribution in [0.4, 0.5) is 0 Å². The Morgan fingerprint density at radius 3 is 2.92 bits per heavy atom. The minimum absolute atomic E-state index is 0.209. The van der Waals surface area contributed by atoms with Gasteiger partial charge in [-0.05, 0) is 5.57 Å². The van der Waals surface area contributed by atoms with E-state index >= 15 is 0 Å². The van der Waals surface area contributed by atoms with Gasteiger partial charge in [-0.15, -0.1) is 12.6 Å². The minimum Gasteiger partial charge on any atom is -0.370 e. The number of nitriles is 1. The van der Waals surface area contributed by atoms with Crippen molar-refractivity contribution in [3.63, 3.8) is 0 Å². The first kappa shape index (κ1) is 19.5. The third kappa shape index (κ3) is 6.71. The van der Waals surface area contributed by atoms with Crippen LogP contribution in [0.3, 0.4) is 0 Å². The minimum atomic E-state index is -0.412. The molecule has 2 N–H and O–H groups in total. The van der Waals surface area contributed by atoms with E-state index in [9.17, 15) is 4.79 Å². The van der Waals surface area contributed by atoms with Gasteiger partial charge in [0.05, 0.1) is 18.0 Å². The molecule has 0 amide bonds. The number of carbonyl (C=O) groups is 1. The van der Waals surface area contributed by atoms with Crippen LogP contribution in [0.5, 0.6) is 0 Å². The Labute approximate surface area is 148 Å². The number of aldehydes is 1. The SMILES string of the molecule is CN(C)C(N)=NC(CC=O)/C(S)=C/C=C/C1=CC(C#N)C=CC=C1. The highest BCUT2D eigenvalue weighted by atomic mass is 32.1. The molecule has 1 rings (SSSR count). The normalized spacial score (nSPS) is 19.6. The van der Waals surface area contributed by atoms with E-state index in [1.165, 1.54) is 0 Å². The first-order valence-electron chi connectivity index (χ1n) is 7.45. The maximum Gasteiger partial charge on any atom is 0.191 e. The van der Waals surface area contributed by atoms with Gasteiger partial charge < -0.3 is 15.4 Å². The highest BCUT2D eigenvalue weighted by Gasteiger charge is 2.10. The van der Waals surface area contributed by atoms with Gasteiger partial charge in [0.15, 0.2) is 5.96 Å². The van der Waals surface area contributed by atoms with Gasteiger partial charge in [-0.3, -0.25) is 0 Å². The second-order valence-corrected chi connectivity index (χ2v) is 5.83. The molecule has 6 heteroatoms. The Hall–Kier alpha value is -2.52. The van der Waals surface area contributed by atoms with Crippen molar-refractivity contribution in [3.8, 4) is 6.07 Å². The average Bonchev–Trinajstić information content (AvgIpc) is 2.79. The summed E-state index contributed by atoms with van der Waals surface area (Å²) in [5.74, 6) is 0.0922. The summed E-state index contributed by atoms with van der Waals surface area (Å²) in [5.41, 5.74) is 6.73. The number of thiol groups is 1. The summed E-state index contributed by atoms with van der Waals surface area (Å²) in [6, 6.07) is 1.79. The quantitative estimate of drug-likeness (QED) is 0.255. The Kier molecular flexibility index (Phi) is 8.37. The van der Waals surface area contributed by atoms with Gasteiger partial charge in [-0.2, -0.15) is 5.26 Å². The van der Waals surface area contributed by atoms with Crippen molar-refractivity contribution in [1.82, 2.24) is 4.90 Å². The zero-order valence-electron chi connectivity index (χ0n) is 13.8. The van der Waals surface area contributed by atoms with Crippen LogP contribution in [0.2, 0.25) is 0 Å². The lowest BCUT2D eigenvalue weighted by Gasteiger charge is -2.15. The summed E-state index contributed by atoms with van der Waals surface area (Å²) in [7, 11) is 3.56. The van der Waals surface area contributed by atoms with Crippen LogP contribution >= 0.6 is 12.6 Å². The van der Waals surface area contributed by atoms with Gasteiger partial charge in [-0.25, -0.2) is 4.99 Å². The van der Waals surface area contributed by atoms with E-state index in [2.05, 4.69) is 23.7 Å². The summed E-state index contributed by atoms with van der Waals surface area (Å²) < 4.78 is 0. The molecule has 0 bridgehead atoms. The van der Waals surface area contributed by atoms with Crippen LogP contribution in [0.15, 0.2) is 64.1 Å². The monoisotopic (exact) mass is 342 g/mol. The number of hydrogen-bond donors (Lipinski definition) is 2. The Morgan fingerprint density at radius 2 is 2.29 bits per heavy atom. The molecule has 0 radical (unpaired) electrons. The zero-order chi connectivity index (χ0) is 17.9. The van der Waals surface area contributed by atoms with Crippen molar-refractivity contribution in [2.24, 2.45) is 16.6 Å². The van der Waals surface area contributed by atoms with Crippen LogP contribution in [0.1, 0.15) is 6.42 Å². The number of hydrogen-bond acceptors (Lipinski definition) is 4. The van der Waals surface area contributed by atoms with Crippen LogP contribution in [-0.2, 0) is 4.79 Å². The largest absolute Gasteiger partial charge is 0.370 e. The fourth-order valence-electron chi connectivity index (χ4n) is 1.84. The molecular weight excluding hydrogens is 320 g/mol. The molecule has 0 aromatic rings. The highest BCUT2D eigenvalue weighted by molar-refractivity contribution is 7.84. The van der Waals surface area contributed by atoms with Gasteiger partial charge >= 0.3 is 0 Å². The van der Waals surface area contributed by atoms with Crippen molar-refractivity contribution in [1.29, 1.82) is 5.26 Å². The summed E-state index contributed by atoms with van der Waals surface area (Å²) >= 11 is 4.43. The van der Waals surface area contributed by atoms with E-state index in [1.54, 1.807) is 25.1 Å². The average molecular weight is 342 g/mol. The molecule has 0 spiro atoms. The number of carbonyl (C=O) groups excluding carboxylic acids is 1. The topological polar surface area (TPSA) is 82.5 Å². The summed E-state index contributed by atoms with van der Waals surface area (Å²) in [4.78, 5) is 17.4. The Bertz CT molecular complexity index is 663. The van der Waals surface area contributed by atoms with Crippen LogP contribution in [0, 0.1) is 17.2 Å². The fraction of sp³-hybridized carbons (Fsp3) is 0.278. The second kappa shape index (κ2) is 10.3. The molecule has 2 atom stereocenters. The standard InChI is InChI=1S/C18H22N4OS/c1-22(2)18(20)21-16(10-11-23)17(24)9-5-8-14-6-3-4-7-15(12-14)13-19/h3-9,11-12,15-16,24H,10H2,1-2H3,(H2,20,21)/b8-5+,17-9-. The maximum atomic E-state index is 10.8. The lowest BCUT2D eigenvalue weighted by Crippen LogP contribution is -2.32. The smallest absolute Gasteiger partial charge is 0.191 e. The number of aliphatic imine (C=N–C) groups is 1. The van der Waals surface area contributed by atoms with E-state index in [-0.39, 0.29) is 12.3 Å². The van der Waals surface area contributed by atoms with Gasteiger partial charge in [0, 0.05) is 25.4 Å². The zero-order valence-corrected chi connectivity index (χ0v) is 14.7. The Morgan fingerprint density at radius 1 is 1.54 bits per heavy atom. The first-order valence-corrected chi connectivity index (χ1v) is 7.90. The molecule has 0 saturated heterocycles. The van der Waals surface area contributed by atoms with Crippen molar-refractivity contribution in [2.45, 2.75) is 12.5 Å². The van der Waals surface area contributed by atoms with E-state index in [1.807, 2.05) is 42.5 Å². The lowest BCUT2D eigenvalue weighted by molar-refractivity contribution is -0.107. The number of rotatable bonds is 6. The number of nitrogens with two attached hydrogens (primary N) is 1. The van der Waals surface area contributed by atoms with Crippen LogP contribution in [0.25, 0.3) is 0 Å². The number of guanidine groups is 1. The first-order chi connectivity index (χ1) is 11.5. The molecule has 2 unspecified atom stereocenters. The van der Waals surface area contributed by atoms with Crippen molar-refractivity contribution < 1.29 is 4.79 Å². The highest BCUT2D eigenvalue weighted by Crippen LogP contribution is 2.16. The number of allylic oxidation sites excluding steroid dienone is 9. The summed E-state index contributed by atoms with van der Waals surface area (Å²) in [5, 5.41) is 9.02. The fourth-order valence-corrected chi connectivity index (χ4v) is 2.08. The van der Waals surface area contributed by atoms with Crippen molar-refractivity contribution >= 4 is 24.9 Å². The summed E-state index contributed by atoms with van der Waals surface area (Å²) in [6.45, 7) is 0. The van der Waals surface area contributed by atoms with Gasteiger partial charge in [0.2, 0.25) is 0 Å².